The molecule has 0 saturated carbocycles. The molecule has 1 fully saturated rings. The summed E-state index contributed by atoms with van der Waals surface area (Å²) in [5.41, 5.74) is 1.68. The van der Waals surface area contributed by atoms with Crippen LogP contribution in [-0.2, 0) is 16.0 Å². The molecule has 2 N–H and O–H groups in total. The van der Waals surface area contributed by atoms with Gasteiger partial charge in [-0.25, -0.2) is 9.97 Å². The number of piperazine rings is 1. The molecule has 1 aliphatic heterocycles. The molecule has 8 nitrogen and oxygen atoms in total. The van der Waals surface area contributed by atoms with E-state index in [0.29, 0.717) is 32.0 Å². The van der Waals surface area contributed by atoms with Crippen LogP contribution in [0.3, 0.4) is 0 Å². The first-order chi connectivity index (χ1) is 14.1. The fourth-order valence-electron chi connectivity index (χ4n) is 3.27. The zero-order valence-electron chi connectivity index (χ0n) is 17.0. The first-order valence-corrected chi connectivity index (χ1v) is 9.91. The van der Waals surface area contributed by atoms with Crippen molar-refractivity contribution >= 4 is 23.5 Å². The molecule has 8 heteroatoms. The SMILES string of the molecule is CNCC(C)C(=O)Nc1ccc(CC(=O)N2CCN(c3ncccn3)CC2)cc1. The summed E-state index contributed by atoms with van der Waals surface area (Å²) in [6.45, 7) is 5.28. The predicted molar refractivity (Wildman–Crippen MR) is 113 cm³/mol. The number of hydrogen-bond acceptors (Lipinski definition) is 6. The van der Waals surface area contributed by atoms with E-state index in [2.05, 4.69) is 25.5 Å². The highest BCUT2D eigenvalue weighted by Gasteiger charge is 2.22. The molecule has 1 aromatic heterocycles. The van der Waals surface area contributed by atoms with Crippen molar-refractivity contribution in [1.82, 2.24) is 20.2 Å². The van der Waals surface area contributed by atoms with Crippen molar-refractivity contribution in [3.63, 3.8) is 0 Å². The Kier molecular flexibility index (Phi) is 7.13. The molecule has 1 aromatic carbocycles. The second-order valence-corrected chi connectivity index (χ2v) is 7.24. The van der Waals surface area contributed by atoms with Crippen LogP contribution in [0.1, 0.15) is 12.5 Å². The van der Waals surface area contributed by atoms with E-state index in [1.165, 1.54) is 0 Å². The summed E-state index contributed by atoms with van der Waals surface area (Å²) in [6, 6.07) is 9.27. The monoisotopic (exact) mass is 396 g/mol. The van der Waals surface area contributed by atoms with Gasteiger partial charge < -0.3 is 20.4 Å². The highest BCUT2D eigenvalue weighted by atomic mass is 16.2. The van der Waals surface area contributed by atoms with Gasteiger partial charge in [-0.2, -0.15) is 0 Å². The topological polar surface area (TPSA) is 90.5 Å². The lowest BCUT2D eigenvalue weighted by Gasteiger charge is -2.34. The maximum absolute atomic E-state index is 12.6. The van der Waals surface area contributed by atoms with Crippen LogP contribution in [0, 0.1) is 5.92 Å². The lowest BCUT2D eigenvalue weighted by molar-refractivity contribution is -0.130. The molecule has 1 atom stereocenters. The Morgan fingerprint density at radius 3 is 2.34 bits per heavy atom. The summed E-state index contributed by atoms with van der Waals surface area (Å²) in [5.74, 6) is 0.684. The molecule has 1 saturated heterocycles. The molecular formula is C21H28N6O2. The van der Waals surface area contributed by atoms with Gasteiger partial charge in [0.1, 0.15) is 0 Å². The summed E-state index contributed by atoms with van der Waals surface area (Å²) < 4.78 is 0. The van der Waals surface area contributed by atoms with Crippen LogP contribution in [0.5, 0.6) is 0 Å². The molecule has 29 heavy (non-hydrogen) atoms. The third-order valence-corrected chi connectivity index (χ3v) is 5.00. The number of hydrogen-bond donors (Lipinski definition) is 2. The normalized spacial score (nSPS) is 15.1. The van der Waals surface area contributed by atoms with Gasteiger partial charge in [-0.3, -0.25) is 9.59 Å². The Morgan fingerprint density at radius 1 is 1.07 bits per heavy atom. The van der Waals surface area contributed by atoms with E-state index in [9.17, 15) is 9.59 Å². The highest BCUT2D eigenvalue weighted by Crippen LogP contribution is 2.14. The van der Waals surface area contributed by atoms with Gasteiger partial charge in [0.15, 0.2) is 0 Å². The summed E-state index contributed by atoms with van der Waals surface area (Å²) in [5, 5.41) is 5.89. The number of amides is 2. The Balaban J connectivity index is 1.48. The summed E-state index contributed by atoms with van der Waals surface area (Å²) in [4.78, 5) is 37.2. The quantitative estimate of drug-likeness (QED) is 0.730. The van der Waals surface area contributed by atoms with Gasteiger partial charge >= 0.3 is 0 Å². The van der Waals surface area contributed by atoms with Gasteiger partial charge in [0.05, 0.1) is 6.42 Å². The van der Waals surface area contributed by atoms with Crippen molar-refractivity contribution in [2.45, 2.75) is 13.3 Å². The second kappa shape index (κ2) is 9.97. The standard InChI is InChI=1S/C21H28N6O2/c1-16(15-22-2)20(29)25-18-6-4-17(5-7-18)14-19(28)26-10-12-27(13-11-26)21-23-8-3-9-24-21/h3-9,16,22H,10-15H2,1-2H3,(H,25,29). The number of nitrogens with one attached hydrogen (secondary N) is 2. The van der Waals surface area contributed by atoms with Gasteiger partial charge in [0, 0.05) is 56.7 Å². The number of nitrogens with zero attached hydrogens (tertiary/aromatic N) is 4. The molecule has 0 radical (unpaired) electrons. The number of aromatic nitrogens is 2. The average Bonchev–Trinajstić information content (AvgIpc) is 2.76. The highest BCUT2D eigenvalue weighted by molar-refractivity contribution is 5.92. The molecule has 2 amide bonds. The van der Waals surface area contributed by atoms with Gasteiger partial charge in [-0.1, -0.05) is 19.1 Å². The Hall–Kier alpha value is -3.00. The summed E-state index contributed by atoms with van der Waals surface area (Å²) >= 11 is 0. The van der Waals surface area contributed by atoms with Crippen molar-refractivity contribution in [2.24, 2.45) is 5.92 Å². The van der Waals surface area contributed by atoms with Crippen molar-refractivity contribution in [1.29, 1.82) is 0 Å². The summed E-state index contributed by atoms with van der Waals surface area (Å²) in [7, 11) is 1.82. The number of carbonyl (C=O) groups excluding carboxylic acids is 2. The third-order valence-electron chi connectivity index (χ3n) is 5.00. The zero-order chi connectivity index (χ0) is 20.6. The minimum absolute atomic E-state index is 0.0246. The van der Waals surface area contributed by atoms with Crippen LogP contribution in [0.25, 0.3) is 0 Å². The van der Waals surface area contributed by atoms with Crippen LogP contribution in [0.15, 0.2) is 42.7 Å². The third kappa shape index (κ3) is 5.74. The van der Waals surface area contributed by atoms with Gasteiger partial charge in [-0.15, -0.1) is 0 Å². The van der Waals surface area contributed by atoms with Crippen molar-refractivity contribution < 1.29 is 9.59 Å². The molecule has 0 bridgehead atoms. The molecular weight excluding hydrogens is 368 g/mol. The van der Waals surface area contributed by atoms with Crippen LogP contribution in [-0.4, -0.2) is 66.5 Å². The molecule has 2 aromatic rings. The Labute approximate surface area is 171 Å². The van der Waals surface area contributed by atoms with E-state index in [4.69, 9.17) is 0 Å². The van der Waals surface area contributed by atoms with Crippen LogP contribution >= 0.6 is 0 Å². The number of anilines is 2. The molecule has 1 unspecified atom stereocenters. The average molecular weight is 396 g/mol. The predicted octanol–water partition coefficient (Wildman–Crippen LogP) is 1.16. The Morgan fingerprint density at radius 2 is 1.72 bits per heavy atom. The fourth-order valence-corrected chi connectivity index (χ4v) is 3.27. The largest absolute Gasteiger partial charge is 0.339 e. The molecule has 1 aliphatic rings. The fraction of sp³-hybridized carbons (Fsp3) is 0.429. The number of benzene rings is 1. The lowest BCUT2D eigenvalue weighted by Crippen LogP contribution is -2.49. The minimum atomic E-state index is -0.110. The minimum Gasteiger partial charge on any atom is -0.339 e. The molecule has 3 rings (SSSR count). The van der Waals surface area contributed by atoms with Crippen LogP contribution in [0.4, 0.5) is 11.6 Å². The Bertz CT molecular complexity index is 804. The van der Waals surface area contributed by atoms with Crippen molar-refractivity contribution in [3.8, 4) is 0 Å². The molecule has 154 valence electrons. The molecule has 0 aliphatic carbocycles. The van der Waals surface area contributed by atoms with Crippen LogP contribution in [0.2, 0.25) is 0 Å². The summed E-state index contributed by atoms with van der Waals surface area (Å²) in [6.07, 6.45) is 3.81. The van der Waals surface area contributed by atoms with Crippen LogP contribution < -0.4 is 15.5 Å². The molecule has 2 heterocycles. The van der Waals surface area contributed by atoms with Gasteiger partial charge in [0.2, 0.25) is 17.8 Å². The smallest absolute Gasteiger partial charge is 0.228 e. The first kappa shape index (κ1) is 20.7. The van der Waals surface area contributed by atoms with E-state index in [-0.39, 0.29) is 17.7 Å². The van der Waals surface area contributed by atoms with E-state index in [1.807, 2.05) is 43.1 Å². The lowest BCUT2D eigenvalue weighted by atomic mass is 10.1. The first-order valence-electron chi connectivity index (χ1n) is 9.91. The molecule has 0 spiro atoms. The van der Waals surface area contributed by atoms with E-state index in [0.717, 1.165) is 24.3 Å². The van der Waals surface area contributed by atoms with Crippen molar-refractivity contribution in [3.05, 3.63) is 48.3 Å². The maximum Gasteiger partial charge on any atom is 0.228 e. The van der Waals surface area contributed by atoms with Gasteiger partial charge in [0.25, 0.3) is 0 Å². The maximum atomic E-state index is 12.6. The van der Waals surface area contributed by atoms with Gasteiger partial charge in [-0.05, 0) is 30.8 Å². The zero-order valence-corrected chi connectivity index (χ0v) is 17.0. The van der Waals surface area contributed by atoms with E-state index in [1.54, 1.807) is 18.5 Å². The number of carbonyl (C=O) groups is 2. The van der Waals surface area contributed by atoms with E-state index >= 15 is 0 Å². The second-order valence-electron chi connectivity index (χ2n) is 7.24. The number of rotatable bonds is 7. The van der Waals surface area contributed by atoms with E-state index < -0.39 is 0 Å². The van der Waals surface area contributed by atoms with Crippen molar-refractivity contribution in [2.75, 3.05) is 50.0 Å².